The molecule has 1 amide bonds. The van der Waals surface area contributed by atoms with Crippen molar-refractivity contribution in [1.82, 2.24) is 9.38 Å². The fourth-order valence-corrected chi connectivity index (χ4v) is 3.60. The van der Waals surface area contributed by atoms with Crippen LogP contribution in [0.1, 0.15) is 18.4 Å². The summed E-state index contributed by atoms with van der Waals surface area (Å²) in [5, 5.41) is 7.07. The van der Waals surface area contributed by atoms with Gasteiger partial charge in [-0.3, -0.25) is 9.20 Å². The minimum absolute atomic E-state index is 0.0677. The van der Waals surface area contributed by atoms with Crippen LogP contribution in [0.15, 0.2) is 54.3 Å². The van der Waals surface area contributed by atoms with Gasteiger partial charge < -0.3 is 10.1 Å². The molecular formula is C19H17N3O2S. The van der Waals surface area contributed by atoms with Gasteiger partial charge in [-0.25, -0.2) is 4.98 Å². The van der Waals surface area contributed by atoms with Gasteiger partial charge in [0.1, 0.15) is 16.9 Å². The van der Waals surface area contributed by atoms with Gasteiger partial charge in [-0.05, 0) is 35.4 Å². The highest BCUT2D eigenvalue weighted by Gasteiger charge is 2.18. The van der Waals surface area contributed by atoms with E-state index in [4.69, 9.17) is 4.74 Å². The average molecular weight is 351 g/mol. The second-order valence-electron chi connectivity index (χ2n) is 5.89. The fourth-order valence-electron chi connectivity index (χ4n) is 2.83. The van der Waals surface area contributed by atoms with Crippen molar-refractivity contribution in [3.63, 3.8) is 0 Å². The summed E-state index contributed by atoms with van der Waals surface area (Å²) in [5.41, 5.74) is 0.969. The number of anilines is 1. The molecule has 2 aromatic carbocycles. The first-order valence-corrected chi connectivity index (χ1v) is 8.82. The third-order valence-corrected chi connectivity index (χ3v) is 5.24. The van der Waals surface area contributed by atoms with Crippen molar-refractivity contribution in [3.8, 4) is 5.75 Å². The highest BCUT2D eigenvalue weighted by molar-refractivity contribution is 7.16. The summed E-state index contributed by atoms with van der Waals surface area (Å²) >= 11 is 1.55. The number of imidazole rings is 1. The summed E-state index contributed by atoms with van der Waals surface area (Å²) in [4.78, 5) is 17.8. The van der Waals surface area contributed by atoms with Crippen LogP contribution in [0.5, 0.6) is 5.75 Å². The van der Waals surface area contributed by atoms with Crippen molar-refractivity contribution in [3.05, 3.63) is 59.9 Å². The molecule has 1 atom stereocenters. The lowest BCUT2D eigenvalue weighted by Crippen LogP contribution is -2.19. The second-order valence-corrected chi connectivity index (χ2v) is 6.79. The topological polar surface area (TPSA) is 55.6 Å². The van der Waals surface area contributed by atoms with Gasteiger partial charge in [0, 0.05) is 11.6 Å². The van der Waals surface area contributed by atoms with Crippen LogP contribution in [0.3, 0.4) is 0 Å². The third-order valence-electron chi connectivity index (χ3n) is 4.36. The van der Waals surface area contributed by atoms with Crippen LogP contribution in [0.2, 0.25) is 0 Å². The van der Waals surface area contributed by atoms with Gasteiger partial charge in [-0.1, -0.05) is 24.3 Å². The molecule has 25 heavy (non-hydrogen) atoms. The molecule has 4 aromatic rings. The van der Waals surface area contributed by atoms with E-state index in [-0.39, 0.29) is 11.8 Å². The number of hydrogen-bond acceptors (Lipinski definition) is 4. The zero-order valence-corrected chi connectivity index (χ0v) is 14.7. The Labute approximate surface area is 148 Å². The summed E-state index contributed by atoms with van der Waals surface area (Å²) in [6.07, 6.45) is 3.62. The van der Waals surface area contributed by atoms with E-state index in [9.17, 15) is 4.79 Å². The molecule has 6 heteroatoms. The minimum Gasteiger partial charge on any atom is -0.497 e. The van der Waals surface area contributed by atoms with Crippen LogP contribution in [0.25, 0.3) is 15.6 Å². The Morgan fingerprint density at radius 2 is 2.04 bits per heavy atom. The smallest absolute Gasteiger partial charge is 0.232 e. The summed E-state index contributed by atoms with van der Waals surface area (Å²) in [5.74, 6) is 1.09. The molecule has 1 unspecified atom stereocenters. The monoisotopic (exact) mass is 351 g/mol. The maximum atomic E-state index is 12.6. The van der Waals surface area contributed by atoms with E-state index < -0.39 is 0 Å². The molecular weight excluding hydrogens is 334 g/mol. The number of thiazole rings is 1. The summed E-state index contributed by atoms with van der Waals surface area (Å²) in [7, 11) is 1.66. The number of aromatic nitrogens is 2. The van der Waals surface area contributed by atoms with E-state index in [1.54, 1.807) is 24.8 Å². The largest absolute Gasteiger partial charge is 0.497 e. The first-order chi connectivity index (χ1) is 12.2. The highest BCUT2D eigenvalue weighted by atomic mass is 32.1. The fraction of sp³-hybridized carbons (Fsp3) is 0.158. The molecule has 0 fully saturated rings. The van der Waals surface area contributed by atoms with Gasteiger partial charge in [0.2, 0.25) is 5.91 Å². The van der Waals surface area contributed by atoms with E-state index in [0.717, 1.165) is 26.9 Å². The number of methoxy groups -OCH3 is 1. The number of carbonyl (C=O) groups excluding carboxylic acids is 1. The molecule has 0 saturated carbocycles. The lowest BCUT2D eigenvalue weighted by Gasteiger charge is -2.12. The number of amides is 1. The van der Waals surface area contributed by atoms with Crippen molar-refractivity contribution in [2.75, 3.05) is 12.4 Å². The average Bonchev–Trinajstić information content (AvgIpc) is 3.25. The van der Waals surface area contributed by atoms with Crippen molar-refractivity contribution < 1.29 is 9.53 Å². The van der Waals surface area contributed by atoms with Gasteiger partial charge in [-0.2, -0.15) is 0 Å². The van der Waals surface area contributed by atoms with Crippen LogP contribution >= 0.6 is 11.3 Å². The van der Waals surface area contributed by atoms with Crippen LogP contribution in [0, 0.1) is 0 Å². The number of nitrogens with zero attached hydrogens (tertiary/aromatic N) is 2. The Morgan fingerprint density at radius 1 is 1.24 bits per heavy atom. The van der Waals surface area contributed by atoms with Crippen LogP contribution < -0.4 is 10.1 Å². The molecule has 2 heterocycles. The number of carbonyl (C=O) groups is 1. The van der Waals surface area contributed by atoms with Crippen molar-refractivity contribution in [2.24, 2.45) is 0 Å². The molecule has 5 nitrogen and oxygen atoms in total. The maximum Gasteiger partial charge on any atom is 0.232 e. The summed E-state index contributed by atoms with van der Waals surface area (Å²) in [6.45, 7) is 1.90. The Kier molecular flexibility index (Phi) is 3.89. The summed E-state index contributed by atoms with van der Waals surface area (Å²) in [6, 6.07) is 12.0. The number of nitrogens with one attached hydrogen (secondary N) is 1. The van der Waals surface area contributed by atoms with E-state index in [2.05, 4.69) is 10.3 Å². The third kappa shape index (κ3) is 2.85. The van der Waals surface area contributed by atoms with Gasteiger partial charge in [0.05, 0.1) is 13.0 Å². The molecule has 4 rings (SSSR count). The predicted molar refractivity (Wildman–Crippen MR) is 101 cm³/mol. The molecule has 0 bridgehead atoms. The molecule has 0 aliphatic carbocycles. The number of fused-ring (bicyclic) bond motifs is 2. The van der Waals surface area contributed by atoms with Crippen molar-refractivity contribution in [2.45, 2.75) is 12.8 Å². The zero-order valence-electron chi connectivity index (χ0n) is 13.9. The molecule has 0 saturated heterocycles. The second kappa shape index (κ2) is 6.22. The van der Waals surface area contributed by atoms with Gasteiger partial charge in [0.15, 0.2) is 5.82 Å². The van der Waals surface area contributed by atoms with E-state index in [1.165, 1.54) is 0 Å². The Balaban J connectivity index is 1.59. The molecule has 126 valence electrons. The van der Waals surface area contributed by atoms with E-state index in [1.807, 2.05) is 59.3 Å². The molecule has 0 spiro atoms. The Morgan fingerprint density at radius 3 is 2.88 bits per heavy atom. The van der Waals surface area contributed by atoms with Gasteiger partial charge >= 0.3 is 0 Å². The minimum atomic E-state index is -0.275. The number of ether oxygens (including phenoxy) is 1. The zero-order chi connectivity index (χ0) is 17.4. The van der Waals surface area contributed by atoms with Crippen molar-refractivity contribution >= 4 is 38.7 Å². The highest BCUT2D eigenvalue weighted by Crippen LogP contribution is 2.27. The first kappa shape index (κ1) is 15.7. The quantitative estimate of drug-likeness (QED) is 0.596. The normalized spacial score (nSPS) is 12.4. The number of benzene rings is 2. The number of hydrogen-bond donors (Lipinski definition) is 1. The summed E-state index contributed by atoms with van der Waals surface area (Å²) < 4.78 is 7.15. The first-order valence-electron chi connectivity index (χ1n) is 7.94. The Hall–Kier alpha value is -2.86. The van der Waals surface area contributed by atoms with Gasteiger partial charge in [-0.15, -0.1) is 11.3 Å². The van der Waals surface area contributed by atoms with Crippen LogP contribution in [0.4, 0.5) is 5.82 Å². The standard InChI is InChI=1S/C19H17N3O2S/c1-12(18(23)21-17-19-22(11-20-17)7-8-25-19)13-3-4-15-10-16(24-2)6-5-14(15)9-13/h3-12H,1-2H3,(H,21,23). The van der Waals surface area contributed by atoms with Gasteiger partial charge in [0.25, 0.3) is 0 Å². The van der Waals surface area contributed by atoms with E-state index >= 15 is 0 Å². The predicted octanol–water partition coefficient (Wildman–Crippen LogP) is 4.30. The van der Waals surface area contributed by atoms with Crippen molar-refractivity contribution in [1.29, 1.82) is 0 Å². The lowest BCUT2D eigenvalue weighted by atomic mass is 9.97. The number of rotatable bonds is 4. The van der Waals surface area contributed by atoms with E-state index in [0.29, 0.717) is 5.82 Å². The Bertz CT molecular complexity index is 1070. The molecule has 0 aliphatic heterocycles. The lowest BCUT2D eigenvalue weighted by molar-refractivity contribution is -0.117. The molecule has 0 radical (unpaired) electrons. The maximum absolute atomic E-state index is 12.6. The molecule has 1 N–H and O–H groups in total. The SMILES string of the molecule is COc1ccc2cc(C(C)C(=O)Nc3ncn4ccsc34)ccc2c1. The molecule has 2 aromatic heterocycles. The van der Waals surface area contributed by atoms with Crippen LogP contribution in [-0.2, 0) is 4.79 Å². The van der Waals surface area contributed by atoms with Crippen LogP contribution in [-0.4, -0.2) is 22.4 Å². The molecule has 0 aliphatic rings.